The summed E-state index contributed by atoms with van der Waals surface area (Å²) in [5.41, 5.74) is 12.3. The molecule has 6 heteroatoms. The maximum absolute atomic E-state index is 6.74. The van der Waals surface area contributed by atoms with Crippen molar-refractivity contribution >= 4 is 82.9 Å². The number of aromatic nitrogens is 4. The Morgan fingerprint density at radius 3 is 2.13 bits per heavy atom. The van der Waals surface area contributed by atoms with E-state index in [1.807, 2.05) is 24.5 Å². The van der Waals surface area contributed by atoms with Gasteiger partial charge in [0.2, 0.25) is 0 Å². The van der Waals surface area contributed by atoms with E-state index in [0.29, 0.717) is 0 Å². The molecule has 6 nitrogen and oxygen atoms in total. The van der Waals surface area contributed by atoms with Gasteiger partial charge >= 0.3 is 0 Å². The highest BCUT2D eigenvalue weighted by Gasteiger charge is 2.21. The number of hydrogen-bond acceptors (Lipinski definition) is 4. The number of benzene rings is 5. The van der Waals surface area contributed by atoms with E-state index in [1.165, 1.54) is 21.9 Å². The van der Waals surface area contributed by atoms with Crippen LogP contribution in [-0.2, 0) is 6.42 Å². The molecule has 0 bridgehead atoms. The third kappa shape index (κ3) is 3.78. The summed E-state index contributed by atoms with van der Waals surface area (Å²) in [6, 6.07) is 43.0. The Bertz CT molecular complexity index is 3260. The van der Waals surface area contributed by atoms with Gasteiger partial charge in [0, 0.05) is 61.3 Å². The summed E-state index contributed by atoms with van der Waals surface area (Å²) in [5.74, 6) is 0.989. The molecular weight excluding hydrogens is 641 g/mol. The lowest BCUT2D eigenvalue weighted by Crippen LogP contribution is -1.96. The average Bonchev–Trinajstić information content (AvgIpc) is 3.95. The predicted octanol–water partition coefficient (Wildman–Crippen LogP) is 11.9. The Kier molecular flexibility index (Phi) is 5.52. The van der Waals surface area contributed by atoms with Crippen molar-refractivity contribution in [1.29, 1.82) is 0 Å². The number of nitrogens with zero attached hydrogens (tertiary/aromatic N) is 4. The maximum Gasteiger partial charge on any atom is 0.159 e. The molecular formula is C46H28N4O2. The van der Waals surface area contributed by atoms with Crippen LogP contribution in [0.3, 0.4) is 0 Å². The summed E-state index contributed by atoms with van der Waals surface area (Å²) in [4.78, 5) is 9.74. The van der Waals surface area contributed by atoms with Gasteiger partial charge in [0.25, 0.3) is 0 Å². The lowest BCUT2D eigenvalue weighted by molar-refractivity contribution is 0.595. The molecule has 0 spiro atoms. The monoisotopic (exact) mass is 668 g/mol. The second-order valence-corrected chi connectivity index (χ2v) is 13.7. The fraction of sp³-hybridized carbons (Fsp3) is 0.0435. The molecule has 0 unspecified atom stereocenters. The zero-order valence-corrected chi connectivity index (χ0v) is 27.9. The Morgan fingerprint density at radius 1 is 0.519 bits per heavy atom. The first-order valence-corrected chi connectivity index (χ1v) is 17.7. The minimum Gasteiger partial charge on any atom is -0.456 e. The molecule has 6 heterocycles. The van der Waals surface area contributed by atoms with Crippen LogP contribution in [-0.4, -0.2) is 19.1 Å². The molecule has 5 aromatic carbocycles. The first-order chi connectivity index (χ1) is 25.8. The van der Waals surface area contributed by atoms with Gasteiger partial charge in [0.1, 0.15) is 28.2 Å². The van der Waals surface area contributed by atoms with Crippen LogP contribution in [0.15, 0.2) is 149 Å². The van der Waals surface area contributed by atoms with Gasteiger partial charge in [-0.1, -0.05) is 48.5 Å². The van der Waals surface area contributed by atoms with Gasteiger partial charge in [-0.25, -0.2) is 9.97 Å². The van der Waals surface area contributed by atoms with Gasteiger partial charge < -0.3 is 8.83 Å². The highest BCUT2D eigenvalue weighted by Crippen LogP contribution is 2.41. The van der Waals surface area contributed by atoms with Crippen molar-refractivity contribution in [3.05, 3.63) is 151 Å². The number of furan rings is 2. The van der Waals surface area contributed by atoms with Crippen molar-refractivity contribution in [1.82, 2.24) is 19.1 Å². The van der Waals surface area contributed by atoms with Gasteiger partial charge in [-0.15, -0.1) is 0 Å². The van der Waals surface area contributed by atoms with Crippen LogP contribution in [0.4, 0.5) is 0 Å². The van der Waals surface area contributed by atoms with Crippen molar-refractivity contribution < 1.29 is 8.83 Å². The van der Waals surface area contributed by atoms with Gasteiger partial charge in [-0.3, -0.25) is 9.13 Å². The summed E-state index contributed by atoms with van der Waals surface area (Å²) < 4.78 is 17.4. The van der Waals surface area contributed by atoms with E-state index in [1.54, 1.807) is 0 Å². The Labute approximate surface area is 296 Å². The Balaban J connectivity index is 1.05. The van der Waals surface area contributed by atoms with Crippen molar-refractivity contribution in [3.8, 4) is 22.5 Å². The Morgan fingerprint density at radius 2 is 1.23 bits per heavy atom. The fourth-order valence-corrected chi connectivity index (χ4v) is 8.57. The second-order valence-electron chi connectivity index (χ2n) is 13.7. The number of pyridine rings is 2. The molecule has 0 N–H and O–H groups in total. The number of fused-ring (bicyclic) bond motifs is 12. The standard InChI is InChI=1S/C46H28N4O2/c1-3-13-38-30(8-1)33-11-6-22-47-45(33)49(38)29-18-21-43-37(26-29)32-10-5-14-40(44(32)52-43)50-39-19-16-27(24-35(39)34-12-7-23-48-46(34)50)28-17-20-42-36(25-28)31-9-2-4-15-41(31)51-42/h1,3-8,10-26H,2,9H2. The highest BCUT2D eigenvalue weighted by molar-refractivity contribution is 6.13. The largest absolute Gasteiger partial charge is 0.456 e. The Hall–Kier alpha value is -6.92. The van der Waals surface area contributed by atoms with Crippen LogP contribution >= 0.6 is 0 Å². The number of aryl methyl sites for hydroxylation is 1. The first kappa shape index (κ1) is 27.9. The molecule has 52 heavy (non-hydrogen) atoms. The normalized spacial score (nSPS) is 13.2. The highest BCUT2D eigenvalue weighted by atomic mass is 16.3. The molecule has 12 rings (SSSR count). The van der Waals surface area contributed by atoms with Crippen LogP contribution in [0.5, 0.6) is 0 Å². The van der Waals surface area contributed by atoms with Gasteiger partial charge in [-0.05, 0) is 109 Å². The molecule has 0 fully saturated rings. The topological polar surface area (TPSA) is 61.9 Å². The van der Waals surface area contributed by atoms with E-state index in [2.05, 4.69) is 130 Å². The van der Waals surface area contributed by atoms with Crippen molar-refractivity contribution in [2.45, 2.75) is 12.8 Å². The summed E-state index contributed by atoms with van der Waals surface area (Å²) in [6.45, 7) is 0. The molecule has 0 aliphatic heterocycles. The molecule has 0 radical (unpaired) electrons. The van der Waals surface area contributed by atoms with E-state index in [0.717, 1.165) is 102 Å². The van der Waals surface area contributed by atoms with Crippen LogP contribution < -0.4 is 0 Å². The third-order valence-corrected chi connectivity index (χ3v) is 10.9. The molecule has 11 aromatic rings. The van der Waals surface area contributed by atoms with Gasteiger partial charge in [0.15, 0.2) is 5.58 Å². The second kappa shape index (κ2) is 10.3. The zero-order chi connectivity index (χ0) is 33.9. The minimum absolute atomic E-state index is 0.827. The van der Waals surface area contributed by atoms with Crippen LogP contribution in [0.1, 0.15) is 17.7 Å². The lowest BCUT2D eigenvalue weighted by atomic mass is 9.97. The minimum atomic E-state index is 0.827. The molecule has 6 aromatic heterocycles. The van der Waals surface area contributed by atoms with Crippen LogP contribution in [0.25, 0.3) is 105 Å². The van der Waals surface area contributed by atoms with E-state index >= 15 is 0 Å². The number of para-hydroxylation sites is 2. The maximum atomic E-state index is 6.74. The fourth-order valence-electron chi connectivity index (χ4n) is 8.57. The van der Waals surface area contributed by atoms with Crippen molar-refractivity contribution in [3.63, 3.8) is 0 Å². The van der Waals surface area contributed by atoms with Crippen molar-refractivity contribution in [2.24, 2.45) is 0 Å². The molecule has 0 atom stereocenters. The number of rotatable bonds is 3. The summed E-state index contributed by atoms with van der Waals surface area (Å²) in [7, 11) is 0. The molecule has 1 aliphatic carbocycles. The first-order valence-electron chi connectivity index (χ1n) is 17.7. The summed E-state index contributed by atoms with van der Waals surface area (Å²) >= 11 is 0. The number of allylic oxidation sites excluding steroid dienone is 1. The van der Waals surface area contributed by atoms with E-state index in [9.17, 15) is 0 Å². The zero-order valence-electron chi connectivity index (χ0n) is 27.9. The molecule has 244 valence electrons. The summed E-state index contributed by atoms with van der Waals surface area (Å²) in [6.07, 6.45) is 10.1. The van der Waals surface area contributed by atoms with E-state index in [-0.39, 0.29) is 0 Å². The number of hydrogen-bond donors (Lipinski definition) is 0. The SMILES string of the molecule is C1=Cc2oc3ccc(-c4ccc5c(c4)c4cccnc4n5-c4cccc5c4oc4ccc(-n6c7ccccc7c7cccnc76)cc45)cc3c2CC1. The smallest absolute Gasteiger partial charge is 0.159 e. The van der Waals surface area contributed by atoms with Crippen LogP contribution in [0.2, 0.25) is 0 Å². The average molecular weight is 669 g/mol. The van der Waals surface area contributed by atoms with Crippen LogP contribution in [0, 0.1) is 0 Å². The molecule has 0 saturated carbocycles. The third-order valence-electron chi connectivity index (χ3n) is 10.9. The summed E-state index contributed by atoms with van der Waals surface area (Å²) in [5, 5.41) is 7.88. The molecule has 1 aliphatic rings. The van der Waals surface area contributed by atoms with Gasteiger partial charge in [0.05, 0.1) is 16.7 Å². The lowest BCUT2D eigenvalue weighted by Gasteiger charge is -2.09. The quantitative estimate of drug-likeness (QED) is 0.188. The van der Waals surface area contributed by atoms with E-state index in [4.69, 9.17) is 18.8 Å². The van der Waals surface area contributed by atoms with Gasteiger partial charge in [-0.2, -0.15) is 0 Å². The predicted molar refractivity (Wildman–Crippen MR) is 211 cm³/mol. The molecule has 0 amide bonds. The van der Waals surface area contributed by atoms with E-state index < -0.39 is 0 Å². The molecule has 0 saturated heterocycles. The van der Waals surface area contributed by atoms with Crippen molar-refractivity contribution in [2.75, 3.05) is 0 Å².